The van der Waals surface area contributed by atoms with Gasteiger partial charge in [0.05, 0.1) is 6.34 Å². The van der Waals surface area contributed by atoms with Gasteiger partial charge in [-0.1, -0.05) is 45.9 Å². The molecule has 1 aromatic heterocycles. The van der Waals surface area contributed by atoms with Crippen LogP contribution in [-0.4, -0.2) is 39.7 Å². The molecule has 0 aliphatic heterocycles. The van der Waals surface area contributed by atoms with Crippen molar-refractivity contribution >= 4 is 29.6 Å². The van der Waals surface area contributed by atoms with Crippen LogP contribution in [0.4, 0.5) is 5.82 Å². The quantitative estimate of drug-likeness (QED) is 0.402. The van der Waals surface area contributed by atoms with Crippen LogP contribution in [0, 0.1) is 10.8 Å². The molecule has 3 N–H and O–H groups in total. The maximum Gasteiger partial charge on any atom is 0.275 e. The first-order chi connectivity index (χ1) is 14.1. The molecule has 7 nitrogen and oxygen atoms in total. The number of amidine groups is 1. The van der Waals surface area contributed by atoms with E-state index in [2.05, 4.69) is 28.8 Å². The van der Waals surface area contributed by atoms with Crippen LogP contribution in [0.5, 0.6) is 0 Å². The summed E-state index contributed by atoms with van der Waals surface area (Å²) in [4.78, 5) is 22.4. The predicted molar refractivity (Wildman–Crippen MR) is 123 cm³/mol. The molecule has 0 unspecified atom stereocenters. The van der Waals surface area contributed by atoms with Crippen LogP contribution in [0.3, 0.4) is 0 Å². The van der Waals surface area contributed by atoms with E-state index >= 15 is 0 Å². The van der Waals surface area contributed by atoms with Gasteiger partial charge in [-0.25, -0.2) is 4.98 Å². The molecular weight excluding hydrogens is 364 g/mol. The molecule has 1 fully saturated rings. The first-order valence-corrected chi connectivity index (χ1v) is 10.1. The summed E-state index contributed by atoms with van der Waals surface area (Å²) in [5, 5.41) is 18.6. The summed E-state index contributed by atoms with van der Waals surface area (Å²) in [7, 11) is 0. The molecule has 29 heavy (non-hydrogen) atoms. The molecule has 0 saturated heterocycles. The number of amides is 1. The van der Waals surface area contributed by atoms with Gasteiger partial charge < -0.3 is 10.2 Å². The topological polar surface area (TPSA) is 105 Å². The summed E-state index contributed by atoms with van der Waals surface area (Å²) < 4.78 is 0. The van der Waals surface area contributed by atoms with Crippen molar-refractivity contribution in [3.05, 3.63) is 48.8 Å². The monoisotopic (exact) mass is 398 g/mol. The number of pyridine rings is 1. The van der Waals surface area contributed by atoms with Crippen molar-refractivity contribution in [1.29, 1.82) is 10.8 Å². The van der Waals surface area contributed by atoms with E-state index in [9.17, 15) is 4.79 Å². The average Bonchev–Trinajstić information content (AvgIpc) is 2.71. The summed E-state index contributed by atoms with van der Waals surface area (Å²) in [5.74, 6) is 0.108. The number of allylic oxidation sites excluding steroid dienone is 1. The molecule has 0 bridgehead atoms. The van der Waals surface area contributed by atoms with E-state index in [1.165, 1.54) is 12.5 Å². The van der Waals surface area contributed by atoms with Crippen LogP contribution >= 0.6 is 0 Å². The van der Waals surface area contributed by atoms with E-state index in [4.69, 9.17) is 10.8 Å². The second-order valence-corrected chi connectivity index (χ2v) is 6.22. The first-order valence-electron chi connectivity index (χ1n) is 10.1. The molecule has 7 heteroatoms. The zero-order valence-corrected chi connectivity index (χ0v) is 17.6. The van der Waals surface area contributed by atoms with Gasteiger partial charge in [0, 0.05) is 13.7 Å². The summed E-state index contributed by atoms with van der Waals surface area (Å²) in [6.45, 7) is 9.60. The van der Waals surface area contributed by atoms with Gasteiger partial charge >= 0.3 is 0 Å². The Morgan fingerprint density at radius 1 is 1.45 bits per heavy atom. The van der Waals surface area contributed by atoms with Crippen LogP contribution < -0.4 is 5.32 Å². The normalized spacial score (nSPS) is 13.7. The number of nitrogens with one attached hydrogen (secondary N) is 3. The highest BCUT2D eigenvalue weighted by atomic mass is 16.1. The summed E-state index contributed by atoms with van der Waals surface area (Å²) in [6.07, 6.45) is 11.0. The Morgan fingerprint density at radius 2 is 2.17 bits per heavy atom. The molecule has 1 heterocycles. The fourth-order valence-corrected chi connectivity index (χ4v) is 2.60. The Hall–Kier alpha value is -3.09. The molecule has 0 aromatic carbocycles. The Bertz CT molecular complexity index is 771. The van der Waals surface area contributed by atoms with Gasteiger partial charge in [0.25, 0.3) is 5.91 Å². The Labute approximate surface area is 175 Å². The minimum Gasteiger partial charge on any atom is -0.313 e. The molecule has 1 saturated carbocycles. The summed E-state index contributed by atoms with van der Waals surface area (Å²) in [5.41, 5.74) is 0.656. The molecule has 0 radical (unpaired) electrons. The van der Waals surface area contributed by atoms with Gasteiger partial charge in [0.15, 0.2) is 5.84 Å². The number of rotatable bonds is 9. The third kappa shape index (κ3) is 7.10. The maximum absolute atomic E-state index is 12.5. The van der Waals surface area contributed by atoms with Crippen LogP contribution in [-0.2, 0) is 4.79 Å². The highest BCUT2D eigenvalue weighted by Crippen LogP contribution is 2.25. The van der Waals surface area contributed by atoms with E-state index in [1.807, 2.05) is 19.9 Å². The van der Waals surface area contributed by atoms with Crippen molar-refractivity contribution in [1.82, 2.24) is 9.88 Å². The van der Waals surface area contributed by atoms with Gasteiger partial charge in [-0.15, -0.1) is 0 Å². The van der Waals surface area contributed by atoms with Crippen molar-refractivity contribution < 1.29 is 6.22 Å². The lowest BCUT2D eigenvalue weighted by molar-refractivity contribution is -0.110. The number of aromatic nitrogens is 1. The Morgan fingerprint density at radius 3 is 2.72 bits per heavy atom. The number of aliphatic imine (C=N–C) groups is 1. The molecule has 1 aromatic rings. The minimum absolute atomic E-state index is 0. The predicted octanol–water partition coefficient (Wildman–Crippen LogP) is 5.02. The van der Waals surface area contributed by atoms with Crippen molar-refractivity contribution in [2.75, 3.05) is 5.32 Å². The van der Waals surface area contributed by atoms with Crippen molar-refractivity contribution in [3.8, 4) is 0 Å². The van der Waals surface area contributed by atoms with E-state index in [0.717, 1.165) is 32.1 Å². The third-order valence-corrected chi connectivity index (χ3v) is 4.29. The van der Waals surface area contributed by atoms with E-state index < -0.39 is 0 Å². The summed E-state index contributed by atoms with van der Waals surface area (Å²) in [6, 6.07) is 5.28. The third-order valence-electron chi connectivity index (χ3n) is 4.29. The second-order valence-electron chi connectivity index (χ2n) is 6.22. The number of hydrogen-bond donors (Lipinski definition) is 3. The van der Waals surface area contributed by atoms with E-state index in [0.29, 0.717) is 11.5 Å². The molecule has 2 rings (SSSR count). The molecular formula is C22H34N6O. The second kappa shape index (κ2) is 13.1. The average molecular weight is 399 g/mol. The molecule has 158 valence electrons. The number of unbranched alkanes of at least 4 members (excludes halogenated alkanes) is 1. The van der Waals surface area contributed by atoms with Crippen LogP contribution in [0.25, 0.3) is 0 Å². The van der Waals surface area contributed by atoms with E-state index in [1.54, 1.807) is 29.2 Å². The molecule has 0 atom stereocenters. The van der Waals surface area contributed by atoms with Crippen molar-refractivity contribution in [2.24, 2.45) is 4.99 Å². The van der Waals surface area contributed by atoms with Crippen molar-refractivity contribution in [3.63, 3.8) is 0 Å². The zero-order valence-electron chi connectivity index (χ0n) is 17.6. The number of anilines is 1. The lowest BCUT2D eigenvalue weighted by atomic mass is 9.91. The minimum atomic E-state index is -0.388. The smallest absolute Gasteiger partial charge is 0.275 e. The maximum atomic E-state index is 12.5. The van der Waals surface area contributed by atoms with Gasteiger partial charge in [0.1, 0.15) is 17.2 Å². The Balaban J connectivity index is 0.00000272. The Kier molecular flexibility index (Phi) is 10.9. The van der Waals surface area contributed by atoms with E-state index in [-0.39, 0.29) is 24.9 Å². The molecule has 1 aliphatic rings. The number of carbonyl (C=O) groups is 1. The van der Waals surface area contributed by atoms with Crippen LogP contribution in [0.1, 0.15) is 60.0 Å². The number of nitrogens with zero attached hydrogens (tertiary/aromatic N) is 3. The molecule has 0 spiro atoms. The van der Waals surface area contributed by atoms with Gasteiger partial charge in [-0.05, 0) is 43.9 Å². The highest BCUT2D eigenvalue weighted by molar-refractivity contribution is 6.47. The molecule has 1 amide bonds. The zero-order chi connectivity index (χ0) is 21.6. The number of hydrogen-bond acceptors (Lipinski definition) is 5. The summed E-state index contributed by atoms with van der Waals surface area (Å²) >= 11 is 0. The van der Waals surface area contributed by atoms with Gasteiger partial charge in [-0.2, -0.15) is 0 Å². The highest BCUT2D eigenvalue weighted by Gasteiger charge is 2.26. The van der Waals surface area contributed by atoms with Gasteiger partial charge in [0.2, 0.25) is 0 Å². The van der Waals surface area contributed by atoms with Crippen molar-refractivity contribution in [2.45, 2.75) is 58.9 Å². The lowest BCUT2D eigenvalue weighted by Gasteiger charge is -2.35. The first kappa shape index (κ1) is 23.9. The van der Waals surface area contributed by atoms with Crippen LogP contribution in [0.2, 0.25) is 0 Å². The molecule has 1 aliphatic carbocycles. The number of carbonyl (C=O) groups excluding carboxylic acids is 1. The van der Waals surface area contributed by atoms with Gasteiger partial charge in [-0.3, -0.25) is 20.6 Å². The standard InChI is InChI=1S/C20H26N6O.C2H6.H2/c1-3-5-6-11-17(23-4-2)20(27)25-18-13-8-12-16(24-18)19(22)26(14-21)15-9-7-10-15;1-2;/h4,6,8,11-15,21-22H,2-3,5,7,9-10H2,1H3,(H,24,25,27);1-2H3;1H/b11-6+,21-14?,22-19?,23-17?;;. The SMILES string of the molecule is C=CN=C(/C=C/CCC)C(=O)Nc1cccc(C(=N)N(C=N)C2CCC2)n1.CC.[HH]. The largest absolute Gasteiger partial charge is 0.313 e. The fourth-order valence-electron chi connectivity index (χ4n) is 2.60. The van der Waals surface area contributed by atoms with Crippen LogP contribution in [0.15, 0.2) is 48.1 Å². The lowest BCUT2D eigenvalue weighted by Crippen LogP contribution is -2.43. The fraction of sp³-hybridized carbons (Fsp3) is 0.409.